The highest BCUT2D eigenvalue weighted by Gasteiger charge is 2.17. The molecular formula is C15H18Cl2O4. The molecule has 0 saturated carbocycles. The van der Waals surface area contributed by atoms with Crippen LogP contribution in [0.15, 0.2) is 18.2 Å². The predicted octanol–water partition coefficient (Wildman–Crippen LogP) is 4.29. The molecule has 116 valence electrons. The first-order chi connectivity index (χ1) is 9.75. The third-order valence-electron chi connectivity index (χ3n) is 2.95. The zero-order chi connectivity index (χ0) is 16.0. The summed E-state index contributed by atoms with van der Waals surface area (Å²) in [5, 5.41) is 9.46. The van der Waals surface area contributed by atoms with Gasteiger partial charge in [-0.1, -0.05) is 23.2 Å². The normalized spacial score (nSPS) is 11.9. The number of aliphatic carboxylic acids is 1. The lowest BCUT2D eigenvalue weighted by Gasteiger charge is -2.23. The van der Waals surface area contributed by atoms with Crippen molar-refractivity contribution in [2.75, 3.05) is 13.7 Å². The minimum atomic E-state index is -1.06. The van der Waals surface area contributed by atoms with E-state index in [1.54, 1.807) is 19.2 Å². The fourth-order valence-corrected chi connectivity index (χ4v) is 2.08. The first-order valence-electron chi connectivity index (χ1n) is 6.33. The molecule has 0 atom stereocenters. The third-order valence-corrected chi connectivity index (χ3v) is 3.44. The predicted molar refractivity (Wildman–Crippen MR) is 84.3 cm³/mol. The molecule has 0 bridgehead atoms. The first-order valence-corrected chi connectivity index (χ1v) is 7.09. The Morgan fingerprint density at radius 1 is 1.38 bits per heavy atom. The topological polar surface area (TPSA) is 55.8 Å². The van der Waals surface area contributed by atoms with Crippen LogP contribution >= 0.6 is 23.2 Å². The summed E-state index contributed by atoms with van der Waals surface area (Å²) in [5.74, 6) is -0.650. The lowest BCUT2D eigenvalue weighted by molar-refractivity contribution is -0.131. The van der Waals surface area contributed by atoms with Crippen LogP contribution in [0.4, 0.5) is 0 Å². The van der Waals surface area contributed by atoms with E-state index in [9.17, 15) is 4.79 Å². The summed E-state index contributed by atoms with van der Waals surface area (Å²) in [5.41, 5.74) is 0.209. The van der Waals surface area contributed by atoms with Crippen molar-refractivity contribution in [2.45, 2.75) is 25.9 Å². The summed E-state index contributed by atoms with van der Waals surface area (Å²) in [7, 11) is 1.64. The molecule has 1 aromatic rings. The van der Waals surface area contributed by atoms with Crippen LogP contribution in [-0.2, 0) is 9.53 Å². The second-order valence-electron chi connectivity index (χ2n) is 5.04. The van der Waals surface area contributed by atoms with Gasteiger partial charge in [0.15, 0.2) is 0 Å². The Balaban J connectivity index is 2.92. The summed E-state index contributed by atoms with van der Waals surface area (Å²) < 4.78 is 11.0. The van der Waals surface area contributed by atoms with E-state index in [1.165, 1.54) is 6.08 Å². The zero-order valence-corrected chi connectivity index (χ0v) is 13.7. The molecule has 6 heteroatoms. The highest BCUT2D eigenvalue weighted by Crippen LogP contribution is 2.33. The number of hydrogen-bond donors (Lipinski definition) is 1. The fourth-order valence-electron chi connectivity index (χ4n) is 1.52. The monoisotopic (exact) mass is 332 g/mol. The standard InChI is InChI=1S/C15H18Cl2O4/c1-15(2,20-3)6-7-21-14-10(4-5-13(18)19)8-11(16)9-12(14)17/h4-5,8-9H,6-7H2,1-3H3,(H,18,19)/b5-4+. The van der Waals surface area contributed by atoms with Crippen LogP contribution in [0.3, 0.4) is 0 Å². The number of carboxylic acid groups (broad SMARTS) is 1. The first kappa shape index (κ1) is 17.8. The van der Waals surface area contributed by atoms with Gasteiger partial charge in [-0.25, -0.2) is 4.79 Å². The Morgan fingerprint density at radius 3 is 2.62 bits per heavy atom. The Morgan fingerprint density at radius 2 is 2.05 bits per heavy atom. The third kappa shape index (κ3) is 5.96. The number of carbonyl (C=O) groups is 1. The van der Waals surface area contributed by atoms with Crippen LogP contribution in [-0.4, -0.2) is 30.4 Å². The number of ether oxygens (including phenoxy) is 2. The number of hydrogen-bond acceptors (Lipinski definition) is 3. The van der Waals surface area contributed by atoms with E-state index < -0.39 is 5.97 Å². The van der Waals surface area contributed by atoms with Crippen molar-refractivity contribution in [3.63, 3.8) is 0 Å². The molecule has 21 heavy (non-hydrogen) atoms. The largest absolute Gasteiger partial charge is 0.491 e. The van der Waals surface area contributed by atoms with Crippen molar-refractivity contribution in [2.24, 2.45) is 0 Å². The lowest BCUT2D eigenvalue weighted by Crippen LogP contribution is -2.25. The zero-order valence-electron chi connectivity index (χ0n) is 12.2. The number of methoxy groups -OCH3 is 1. The molecule has 1 aromatic carbocycles. The summed E-state index contributed by atoms with van der Waals surface area (Å²) >= 11 is 12.0. The average molecular weight is 333 g/mol. The van der Waals surface area contributed by atoms with Gasteiger partial charge in [0.05, 0.1) is 17.2 Å². The molecule has 0 aliphatic heterocycles. The van der Waals surface area contributed by atoms with E-state index in [-0.39, 0.29) is 5.60 Å². The van der Waals surface area contributed by atoms with Gasteiger partial charge in [-0.05, 0) is 32.1 Å². The number of halogens is 2. The van der Waals surface area contributed by atoms with Crippen molar-refractivity contribution < 1.29 is 19.4 Å². The summed E-state index contributed by atoms with van der Waals surface area (Å²) in [6, 6.07) is 3.15. The molecule has 0 fully saturated rings. The summed E-state index contributed by atoms with van der Waals surface area (Å²) in [4.78, 5) is 10.6. The fraction of sp³-hybridized carbons (Fsp3) is 0.400. The SMILES string of the molecule is COC(C)(C)CCOc1c(Cl)cc(Cl)cc1/C=C/C(=O)O. The maximum atomic E-state index is 10.6. The molecule has 0 aliphatic carbocycles. The molecule has 4 nitrogen and oxygen atoms in total. The molecule has 1 rings (SSSR count). The molecular weight excluding hydrogens is 315 g/mol. The van der Waals surface area contributed by atoms with Crippen LogP contribution in [0.25, 0.3) is 6.08 Å². The Labute approximate surface area is 134 Å². The van der Waals surface area contributed by atoms with Gasteiger partial charge in [-0.3, -0.25) is 0 Å². The molecule has 0 radical (unpaired) electrons. The van der Waals surface area contributed by atoms with Gasteiger partial charge in [0.1, 0.15) is 5.75 Å². The van der Waals surface area contributed by atoms with E-state index >= 15 is 0 Å². The van der Waals surface area contributed by atoms with Gasteiger partial charge in [-0.2, -0.15) is 0 Å². The van der Waals surface area contributed by atoms with Crippen molar-refractivity contribution >= 4 is 35.2 Å². The Bertz CT molecular complexity index is 539. The van der Waals surface area contributed by atoms with Crippen molar-refractivity contribution in [3.05, 3.63) is 33.8 Å². The number of carboxylic acids is 1. The van der Waals surface area contributed by atoms with Crippen LogP contribution < -0.4 is 4.74 Å². The van der Waals surface area contributed by atoms with Crippen LogP contribution in [0, 0.1) is 0 Å². The molecule has 0 aliphatic rings. The van der Waals surface area contributed by atoms with Crippen molar-refractivity contribution in [1.29, 1.82) is 0 Å². The molecule has 0 saturated heterocycles. The van der Waals surface area contributed by atoms with E-state index in [0.717, 1.165) is 6.08 Å². The van der Waals surface area contributed by atoms with Gasteiger partial charge in [0.2, 0.25) is 0 Å². The van der Waals surface area contributed by atoms with Crippen LogP contribution in [0.2, 0.25) is 10.0 Å². The second kappa shape index (κ2) is 7.69. The minimum Gasteiger partial charge on any atom is -0.491 e. The highest BCUT2D eigenvalue weighted by molar-refractivity contribution is 6.35. The Kier molecular flexibility index (Phi) is 6.52. The number of rotatable bonds is 7. The van der Waals surface area contributed by atoms with Gasteiger partial charge in [0.25, 0.3) is 0 Å². The second-order valence-corrected chi connectivity index (χ2v) is 5.88. The minimum absolute atomic E-state index is 0.310. The average Bonchev–Trinajstić information content (AvgIpc) is 2.38. The number of benzene rings is 1. The maximum Gasteiger partial charge on any atom is 0.328 e. The van der Waals surface area contributed by atoms with Gasteiger partial charge in [0, 0.05) is 30.2 Å². The van der Waals surface area contributed by atoms with Crippen LogP contribution in [0.5, 0.6) is 5.75 Å². The molecule has 0 amide bonds. The molecule has 1 N–H and O–H groups in total. The maximum absolute atomic E-state index is 10.6. The quantitative estimate of drug-likeness (QED) is 0.757. The molecule has 0 spiro atoms. The summed E-state index contributed by atoms with van der Waals surface area (Å²) in [6.45, 7) is 4.28. The van der Waals surface area contributed by atoms with E-state index in [4.69, 9.17) is 37.8 Å². The molecule has 0 heterocycles. The molecule has 0 unspecified atom stereocenters. The van der Waals surface area contributed by atoms with E-state index in [0.29, 0.717) is 34.4 Å². The summed E-state index contributed by atoms with van der Waals surface area (Å²) in [6.07, 6.45) is 3.06. The van der Waals surface area contributed by atoms with Crippen LogP contribution in [0.1, 0.15) is 25.8 Å². The van der Waals surface area contributed by atoms with Crippen molar-refractivity contribution in [3.8, 4) is 5.75 Å². The molecule has 0 aromatic heterocycles. The Hall–Kier alpha value is -1.23. The van der Waals surface area contributed by atoms with E-state index in [1.807, 2.05) is 13.8 Å². The van der Waals surface area contributed by atoms with Gasteiger partial charge < -0.3 is 14.6 Å². The lowest BCUT2D eigenvalue weighted by atomic mass is 10.1. The van der Waals surface area contributed by atoms with Gasteiger partial charge >= 0.3 is 5.97 Å². The van der Waals surface area contributed by atoms with E-state index in [2.05, 4.69) is 0 Å². The highest BCUT2D eigenvalue weighted by atomic mass is 35.5. The smallest absolute Gasteiger partial charge is 0.328 e. The van der Waals surface area contributed by atoms with Gasteiger partial charge in [-0.15, -0.1) is 0 Å². The van der Waals surface area contributed by atoms with Crippen molar-refractivity contribution in [1.82, 2.24) is 0 Å².